The molecule has 19 heavy (non-hydrogen) atoms. The molecule has 1 aromatic rings. The van der Waals surface area contributed by atoms with E-state index in [1.807, 2.05) is 11.0 Å². The molecule has 0 spiro atoms. The van der Waals surface area contributed by atoms with Gasteiger partial charge in [-0.2, -0.15) is 12.6 Å². The zero-order chi connectivity index (χ0) is 14.0. The zero-order valence-corrected chi connectivity index (χ0v) is 12.9. The SMILES string of the molecule is CC(CC(C)(C)c1ccccc1)N1CC(S)CC1=O. The van der Waals surface area contributed by atoms with Gasteiger partial charge >= 0.3 is 0 Å². The van der Waals surface area contributed by atoms with Crippen LogP contribution < -0.4 is 0 Å². The third kappa shape index (κ3) is 3.33. The summed E-state index contributed by atoms with van der Waals surface area (Å²) in [5.74, 6) is 0.247. The monoisotopic (exact) mass is 277 g/mol. The lowest BCUT2D eigenvalue weighted by atomic mass is 9.79. The van der Waals surface area contributed by atoms with E-state index in [1.54, 1.807) is 0 Å². The maximum atomic E-state index is 11.9. The molecule has 1 aromatic carbocycles. The molecule has 1 aliphatic rings. The van der Waals surface area contributed by atoms with Crippen molar-refractivity contribution in [2.24, 2.45) is 0 Å². The molecular weight excluding hydrogens is 254 g/mol. The Kier molecular flexibility index (Phi) is 4.24. The highest BCUT2D eigenvalue weighted by Crippen LogP contribution is 2.31. The summed E-state index contributed by atoms with van der Waals surface area (Å²) in [6, 6.07) is 10.8. The molecule has 1 fully saturated rings. The number of hydrogen-bond acceptors (Lipinski definition) is 2. The molecule has 2 atom stereocenters. The lowest BCUT2D eigenvalue weighted by Gasteiger charge is -2.33. The first-order valence-corrected chi connectivity index (χ1v) is 7.45. The number of hydrogen-bond donors (Lipinski definition) is 1. The van der Waals surface area contributed by atoms with Crippen LogP contribution in [-0.2, 0) is 10.2 Å². The Morgan fingerprint density at radius 2 is 2.00 bits per heavy atom. The number of likely N-dealkylation sites (tertiary alicyclic amines) is 1. The molecule has 1 amide bonds. The lowest BCUT2D eigenvalue weighted by Crippen LogP contribution is -2.38. The van der Waals surface area contributed by atoms with Crippen LogP contribution in [0.15, 0.2) is 30.3 Å². The first kappa shape index (κ1) is 14.4. The molecule has 3 heteroatoms. The second-order valence-corrected chi connectivity index (χ2v) is 6.94. The second-order valence-electron chi connectivity index (χ2n) is 6.21. The molecule has 0 aliphatic carbocycles. The Bertz CT molecular complexity index is 443. The van der Waals surface area contributed by atoms with E-state index in [0.717, 1.165) is 13.0 Å². The average Bonchev–Trinajstić information content (AvgIpc) is 2.69. The summed E-state index contributed by atoms with van der Waals surface area (Å²) in [7, 11) is 0. The second kappa shape index (κ2) is 5.58. The van der Waals surface area contributed by atoms with E-state index >= 15 is 0 Å². The van der Waals surface area contributed by atoms with Gasteiger partial charge in [-0.25, -0.2) is 0 Å². The maximum absolute atomic E-state index is 11.9. The molecule has 2 nitrogen and oxygen atoms in total. The quantitative estimate of drug-likeness (QED) is 0.838. The van der Waals surface area contributed by atoms with E-state index in [0.29, 0.717) is 6.42 Å². The van der Waals surface area contributed by atoms with Gasteiger partial charge in [-0.15, -0.1) is 0 Å². The fourth-order valence-electron chi connectivity index (χ4n) is 2.99. The molecule has 0 saturated carbocycles. The summed E-state index contributed by atoms with van der Waals surface area (Å²) in [6.45, 7) is 7.43. The number of carbonyl (C=O) groups excluding carboxylic acids is 1. The molecule has 0 bridgehead atoms. The zero-order valence-electron chi connectivity index (χ0n) is 12.0. The average molecular weight is 277 g/mol. The Balaban J connectivity index is 2.06. The summed E-state index contributed by atoms with van der Waals surface area (Å²) in [5, 5.41) is 0.204. The number of benzene rings is 1. The molecule has 0 radical (unpaired) electrons. The van der Waals surface area contributed by atoms with Crippen molar-refractivity contribution in [3.63, 3.8) is 0 Å². The van der Waals surface area contributed by atoms with Gasteiger partial charge in [-0.1, -0.05) is 44.2 Å². The molecule has 1 aliphatic heterocycles. The van der Waals surface area contributed by atoms with Crippen molar-refractivity contribution in [3.8, 4) is 0 Å². The minimum absolute atomic E-state index is 0.0790. The van der Waals surface area contributed by atoms with Crippen LogP contribution in [0.2, 0.25) is 0 Å². The van der Waals surface area contributed by atoms with Crippen LogP contribution in [0.1, 0.15) is 39.2 Å². The standard InChI is InChI=1S/C16H23NOS/c1-12(17-11-14(19)9-15(17)18)10-16(2,3)13-7-5-4-6-8-13/h4-8,12,14,19H,9-11H2,1-3H3. The van der Waals surface area contributed by atoms with Crippen molar-refractivity contribution in [1.82, 2.24) is 4.90 Å². The van der Waals surface area contributed by atoms with Crippen LogP contribution in [0.25, 0.3) is 0 Å². The van der Waals surface area contributed by atoms with E-state index in [9.17, 15) is 4.79 Å². The van der Waals surface area contributed by atoms with E-state index in [4.69, 9.17) is 0 Å². The summed E-state index contributed by atoms with van der Waals surface area (Å²) < 4.78 is 0. The van der Waals surface area contributed by atoms with Crippen LogP contribution in [0.5, 0.6) is 0 Å². The number of amides is 1. The predicted octanol–water partition coefficient (Wildman–Crippen LogP) is 3.27. The highest BCUT2D eigenvalue weighted by molar-refractivity contribution is 7.81. The van der Waals surface area contributed by atoms with Crippen molar-refractivity contribution in [2.75, 3.05) is 6.54 Å². The van der Waals surface area contributed by atoms with Crippen molar-refractivity contribution < 1.29 is 4.79 Å². The van der Waals surface area contributed by atoms with Crippen molar-refractivity contribution in [1.29, 1.82) is 0 Å². The van der Waals surface area contributed by atoms with Gasteiger partial charge in [-0.3, -0.25) is 4.79 Å². The summed E-state index contributed by atoms with van der Waals surface area (Å²) in [6.07, 6.45) is 1.56. The van der Waals surface area contributed by atoms with E-state index in [2.05, 4.69) is 57.7 Å². The van der Waals surface area contributed by atoms with Gasteiger partial charge in [0.15, 0.2) is 0 Å². The van der Waals surface area contributed by atoms with Crippen LogP contribution in [0, 0.1) is 0 Å². The fraction of sp³-hybridized carbons (Fsp3) is 0.562. The lowest BCUT2D eigenvalue weighted by molar-refractivity contribution is -0.129. The minimum Gasteiger partial charge on any atom is -0.339 e. The van der Waals surface area contributed by atoms with E-state index < -0.39 is 0 Å². The Hall–Kier alpha value is -0.960. The Morgan fingerprint density at radius 3 is 2.53 bits per heavy atom. The molecule has 0 aromatic heterocycles. The van der Waals surface area contributed by atoms with Gasteiger partial charge in [0.1, 0.15) is 0 Å². The number of rotatable bonds is 4. The van der Waals surface area contributed by atoms with Crippen LogP contribution >= 0.6 is 12.6 Å². The van der Waals surface area contributed by atoms with Crippen molar-refractivity contribution in [2.45, 2.75) is 50.3 Å². The summed E-state index contributed by atoms with van der Waals surface area (Å²) in [4.78, 5) is 13.9. The van der Waals surface area contributed by atoms with Crippen LogP contribution in [0.4, 0.5) is 0 Å². The predicted molar refractivity (Wildman–Crippen MR) is 82.7 cm³/mol. The number of carbonyl (C=O) groups is 1. The van der Waals surface area contributed by atoms with Gasteiger partial charge < -0.3 is 4.90 Å². The highest BCUT2D eigenvalue weighted by Gasteiger charge is 2.33. The normalized spacial score (nSPS) is 21.8. The molecule has 2 unspecified atom stereocenters. The smallest absolute Gasteiger partial charge is 0.224 e. The van der Waals surface area contributed by atoms with Gasteiger partial charge in [0.05, 0.1) is 0 Å². The highest BCUT2D eigenvalue weighted by atomic mass is 32.1. The van der Waals surface area contributed by atoms with Crippen molar-refractivity contribution >= 4 is 18.5 Å². The third-order valence-electron chi connectivity index (χ3n) is 4.03. The summed E-state index contributed by atoms with van der Waals surface area (Å²) in [5.41, 5.74) is 1.41. The topological polar surface area (TPSA) is 20.3 Å². The minimum atomic E-state index is 0.0790. The van der Waals surface area contributed by atoms with Crippen molar-refractivity contribution in [3.05, 3.63) is 35.9 Å². The maximum Gasteiger partial charge on any atom is 0.224 e. The van der Waals surface area contributed by atoms with Gasteiger partial charge in [-0.05, 0) is 24.3 Å². The van der Waals surface area contributed by atoms with E-state index in [1.165, 1.54) is 5.56 Å². The third-order valence-corrected chi connectivity index (χ3v) is 4.38. The van der Waals surface area contributed by atoms with Crippen LogP contribution in [0.3, 0.4) is 0 Å². The number of thiol groups is 1. The molecule has 104 valence electrons. The molecule has 2 rings (SSSR count). The molecule has 0 N–H and O–H groups in total. The van der Waals surface area contributed by atoms with E-state index in [-0.39, 0.29) is 22.6 Å². The first-order valence-electron chi connectivity index (χ1n) is 6.93. The Labute approximate surface area is 121 Å². The van der Waals surface area contributed by atoms with Gasteiger partial charge in [0, 0.05) is 24.3 Å². The number of nitrogens with zero attached hydrogens (tertiary/aromatic N) is 1. The fourth-order valence-corrected chi connectivity index (χ4v) is 3.33. The van der Waals surface area contributed by atoms with Gasteiger partial charge in [0.2, 0.25) is 5.91 Å². The van der Waals surface area contributed by atoms with Crippen LogP contribution in [-0.4, -0.2) is 28.6 Å². The first-order chi connectivity index (χ1) is 8.90. The Morgan fingerprint density at radius 1 is 1.37 bits per heavy atom. The molecule has 1 saturated heterocycles. The largest absolute Gasteiger partial charge is 0.339 e. The molecular formula is C16H23NOS. The van der Waals surface area contributed by atoms with Gasteiger partial charge in [0.25, 0.3) is 0 Å². The summed E-state index contributed by atoms with van der Waals surface area (Å²) >= 11 is 4.42. The molecule has 1 heterocycles.